The molecule has 278 valence electrons. The van der Waals surface area contributed by atoms with Crippen LogP contribution in [0, 0.1) is 0 Å². The number of hydrogen-bond acceptors (Lipinski definition) is 3. The molecule has 1 aliphatic carbocycles. The molecule has 0 aliphatic heterocycles. The first-order valence-corrected chi connectivity index (χ1v) is 20.2. The fraction of sp³-hybridized carbons (Fsp3) is 0.0556. The Hall–Kier alpha value is -7.63. The van der Waals surface area contributed by atoms with Crippen LogP contribution in [0.25, 0.3) is 100 Å². The van der Waals surface area contributed by atoms with E-state index in [1.54, 1.807) is 0 Å². The lowest BCUT2D eigenvalue weighted by Gasteiger charge is -2.22. The quantitative estimate of drug-likeness (QED) is 0.176. The zero-order valence-electron chi connectivity index (χ0n) is 32.6. The summed E-state index contributed by atoms with van der Waals surface area (Å²) in [6, 6.07) is 67.2. The van der Waals surface area contributed by atoms with Crippen molar-refractivity contribution in [2.75, 3.05) is 0 Å². The first kappa shape index (κ1) is 33.5. The Kier molecular flexibility index (Phi) is 7.20. The summed E-state index contributed by atoms with van der Waals surface area (Å²) in [5.41, 5.74) is 15.2. The van der Waals surface area contributed by atoms with Gasteiger partial charge >= 0.3 is 0 Å². The maximum Gasteiger partial charge on any atom is 0.240 e. The molecule has 1 aliphatic rings. The van der Waals surface area contributed by atoms with E-state index in [0.717, 1.165) is 60.3 Å². The molecule has 3 aromatic heterocycles. The van der Waals surface area contributed by atoms with E-state index in [4.69, 9.17) is 15.0 Å². The molecular formula is C54H37N5. The Morgan fingerprint density at radius 1 is 0.339 bits per heavy atom. The third-order valence-corrected chi connectivity index (χ3v) is 12.4. The van der Waals surface area contributed by atoms with Crippen molar-refractivity contribution in [3.8, 4) is 56.7 Å². The van der Waals surface area contributed by atoms with Crippen molar-refractivity contribution in [2.24, 2.45) is 0 Å². The molecule has 5 heteroatoms. The number of nitrogens with zero attached hydrogens (tertiary/aromatic N) is 5. The van der Waals surface area contributed by atoms with Gasteiger partial charge in [0.15, 0.2) is 5.82 Å². The van der Waals surface area contributed by atoms with Gasteiger partial charge in [0.2, 0.25) is 11.9 Å². The van der Waals surface area contributed by atoms with Crippen LogP contribution in [0.15, 0.2) is 188 Å². The van der Waals surface area contributed by atoms with Crippen molar-refractivity contribution in [3.63, 3.8) is 0 Å². The van der Waals surface area contributed by atoms with Crippen LogP contribution in [0.1, 0.15) is 25.0 Å². The molecule has 11 aromatic rings. The molecule has 8 aromatic carbocycles. The van der Waals surface area contributed by atoms with Crippen LogP contribution in [0.2, 0.25) is 0 Å². The summed E-state index contributed by atoms with van der Waals surface area (Å²) in [4.78, 5) is 15.8. The summed E-state index contributed by atoms with van der Waals surface area (Å²) >= 11 is 0. The van der Waals surface area contributed by atoms with Crippen molar-refractivity contribution in [3.05, 3.63) is 199 Å². The molecule has 0 atom stereocenters. The summed E-state index contributed by atoms with van der Waals surface area (Å²) in [6.45, 7) is 4.67. The topological polar surface area (TPSA) is 48.5 Å². The molecule has 0 bridgehead atoms. The van der Waals surface area contributed by atoms with Crippen LogP contribution in [0.5, 0.6) is 0 Å². The summed E-state index contributed by atoms with van der Waals surface area (Å²) < 4.78 is 4.34. The summed E-state index contributed by atoms with van der Waals surface area (Å²) in [7, 11) is 0. The smallest absolute Gasteiger partial charge is 0.240 e. The number of benzene rings is 8. The standard InChI is InChI=1S/C54H37N5/c1-54(2)45-21-8-3-16-39(45)40-31-30-38(33-46(40)54)37-15-13-14-36(32-37)34-26-28-35(29-27-34)51-55-52(58-47-22-9-4-17-41(47)42-18-5-10-23-48(42)58)57-53(56-51)59-49-24-11-6-19-43(49)44-20-7-12-25-50(44)59/h3-33H,1-2H3. The Balaban J connectivity index is 0.987. The minimum atomic E-state index is -0.0484. The van der Waals surface area contributed by atoms with Crippen LogP contribution >= 0.6 is 0 Å². The Morgan fingerprint density at radius 3 is 1.32 bits per heavy atom. The van der Waals surface area contributed by atoms with Crippen molar-refractivity contribution >= 4 is 43.6 Å². The summed E-state index contributed by atoms with van der Waals surface area (Å²) in [5.74, 6) is 1.75. The van der Waals surface area contributed by atoms with E-state index >= 15 is 0 Å². The highest BCUT2D eigenvalue weighted by atomic mass is 15.3. The largest absolute Gasteiger partial charge is 0.278 e. The minimum Gasteiger partial charge on any atom is -0.278 e. The number of hydrogen-bond donors (Lipinski definition) is 0. The highest BCUT2D eigenvalue weighted by molar-refractivity contribution is 6.10. The van der Waals surface area contributed by atoms with E-state index in [-0.39, 0.29) is 5.41 Å². The number of rotatable bonds is 5. The molecule has 0 N–H and O–H groups in total. The lowest BCUT2D eigenvalue weighted by atomic mass is 9.81. The molecule has 12 rings (SSSR count). The summed E-state index contributed by atoms with van der Waals surface area (Å²) in [5, 5.41) is 4.63. The second-order valence-corrected chi connectivity index (χ2v) is 16.1. The molecular weight excluding hydrogens is 719 g/mol. The molecule has 0 saturated carbocycles. The van der Waals surface area contributed by atoms with Crippen molar-refractivity contribution in [1.29, 1.82) is 0 Å². The predicted molar refractivity (Wildman–Crippen MR) is 242 cm³/mol. The Morgan fingerprint density at radius 2 is 0.763 bits per heavy atom. The normalized spacial score (nSPS) is 13.1. The molecule has 0 saturated heterocycles. The van der Waals surface area contributed by atoms with Gasteiger partial charge in [-0.1, -0.05) is 166 Å². The monoisotopic (exact) mass is 755 g/mol. The number of fused-ring (bicyclic) bond motifs is 9. The van der Waals surface area contributed by atoms with Gasteiger partial charge in [0.05, 0.1) is 22.1 Å². The van der Waals surface area contributed by atoms with Crippen LogP contribution in [-0.2, 0) is 5.41 Å². The third-order valence-electron chi connectivity index (χ3n) is 12.4. The van der Waals surface area contributed by atoms with E-state index in [1.165, 1.54) is 33.4 Å². The molecule has 0 spiro atoms. The minimum absolute atomic E-state index is 0.0484. The van der Waals surface area contributed by atoms with Crippen LogP contribution in [0.3, 0.4) is 0 Å². The van der Waals surface area contributed by atoms with Gasteiger partial charge in [0.25, 0.3) is 0 Å². The van der Waals surface area contributed by atoms with Gasteiger partial charge in [-0.25, -0.2) is 0 Å². The first-order chi connectivity index (χ1) is 29.0. The molecule has 0 amide bonds. The van der Waals surface area contributed by atoms with Crippen LogP contribution in [-0.4, -0.2) is 24.1 Å². The highest BCUT2D eigenvalue weighted by Gasteiger charge is 2.35. The van der Waals surface area contributed by atoms with Crippen LogP contribution < -0.4 is 0 Å². The molecule has 3 heterocycles. The fourth-order valence-corrected chi connectivity index (χ4v) is 9.53. The van der Waals surface area contributed by atoms with Gasteiger partial charge in [-0.15, -0.1) is 0 Å². The maximum absolute atomic E-state index is 5.29. The van der Waals surface area contributed by atoms with Gasteiger partial charge in [0, 0.05) is 32.5 Å². The maximum atomic E-state index is 5.29. The average Bonchev–Trinajstić information content (AvgIpc) is 3.89. The summed E-state index contributed by atoms with van der Waals surface area (Å²) in [6.07, 6.45) is 0. The lowest BCUT2D eigenvalue weighted by molar-refractivity contribution is 0.660. The second-order valence-electron chi connectivity index (χ2n) is 16.1. The highest BCUT2D eigenvalue weighted by Crippen LogP contribution is 2.49. The fourth-order valence-electron chi connectivity index (χ4n) is 9.53. The molecule has 0 fully saturated rings. The molecule has 59 heavy (non-hydrogen) atoms. The van der Waals surface area contributed by atoms with Crippen molar-refractivity contribution < 1.29 is 0 Å². The van der Waals surface area contributed by atoms with Crippen molar-refractivity contribution in [2.45, 2.75) is 19.3 Å². The Labute approximate surface area is 341 Å². The van der Waals surface area contributed by atoms with Gasteiger partial charge in [0.1, 0.15) is 0 Å². The van der Waals surface area contributed by atoms with Gasteiger partial charge in [-0.2, -0.15) is 15.0 Å². The van der Waals surface area contributed by atoms with Gasteiger partial charge in [-0.05, 0) is 80.9 Å². The zero-order valence-corrected chi connectivity index (χ0v) is 32.6. The van der Waals surface area contributed by atoms with E-state index in [2.05, 4.69) is 211 Å². The van der Waals surface area contributed by atoms with E-state index < -0.39 is 0 Å². The predicted octanol–water partition coefficient (Wildman–Crippen LogP) is 13.4. The second kappa shape index (κ2) is 12.7. The first-order valence-electron chi connectivity index (χ1n) is 20.2. The zero-order chi connectivity index (χ0) is 39.2. The van der Waals surface area contributed by atoms with Crippen LogP contribution in [0.4, 0.5) is 0 Å². The van der Waals surface area contributed by atoms with E-state index in [9.17, 15) is 0 Å². The lowest BCUT2D eigenvalue weighted by Crippen LogP contribution is -2.14. The molecule has 0 radical (unpaired) electrons. The van der Waals surface area contributed by atoms with E-state index in [0.29, 0.717) is 17.7 Å². The molecule has 5 nitrogen and oxygen atoms in total. The van der Waals surface area contributed by atoms with Gasteiger partial charge < -0.3 is 0 Å². The average molecular weight is 756 g/mol. The van der Waals surface area contributed by atoms with Gasteiger partial charge in [-0.3, -0.25) is 9.13 Å². The Bertz CT molecular complexity index is 3240. The third kappa shape index (κ3) is 5.08. The van der Waals surface area contributed by atoms with E-state index in [1.807, 2.05) is 0 Å². The van der Waals surface area contributed by atoms with Crippen molar-refractivity contribution in [1.82, 2.24) is 24.1 Å². The number of para-hydroxylation sites is 4. The SMILES string of the molecule is CC1(C)c2ccccc2-c2ccc(-c3cccc(-c4ccc(-c5nc(-n6c7ccccc7c7ccccc76)nc(-n6c7ccccc7c7ccccc76)n5)cc4)c3)cc21. The number of aromatic nitrogens is 5. The molecule has 0 unspecified atom stereocenters.